The lowest BCUT2D eigenvalue weighted by atomic mass is 9.96. The van der Waals surface area contributed by atoms with Crippen molar-refractivity contribution in [1.82, 2.24) is 24.9 Å². The minimum atomic E-state index is -0.282. The van der Waals surface area contributed by atoms with Crippen LogP contribution in [-0.4, -0.2) is 64.5 Å². The summed E-state index contributed by atoms with van der Waals surface area (Å²) in [6, 6.07) is 11.3. The number of nitrogens with zero attached hydrogens (tertiary/aromatic N) is 6. The van der Waals surface area contributed by atoms with Crippen LogP contribution in [0.25, 0.3) is 5.82 Å². The topological polar surface area (TPSA) is 79.2 Å². The van der Waals surface area contributed by atoms with Crippen molar-refractivity contribution in [2.45, 2.75) is 12.8 Å². The zero-order valence-electron chi connectivity index (χ0n) is 17.7. The second-order valence-corrected chi connectivity index (χ2v) is 8.96. The Morgan fingerprint density at radius 2 is 1.94 bits per heavy atom. The summed E-state index contributed by atoms with van der Waals surface area (Å²) in [5.41, 5.74) is 2.10. The van der Waals surface area contributed by atoms with Crippen molar-refractivity contribution in [3.63, 3.8) is 0 Å². The van der Waals surface area contributed by atoms with Crippen LogP contribution < -0.4 is 10.2 Å². The molecule has 0 atom stereocenters. The summed E-state index contributed by atoms with van der Waals surface area (Å²) in [5, 5.41) is 15.4. The molecule has 9 heteroatoms. The summed E-state index contributed by atoms with van der Waals surface area (Å²) in [4.78, 5) is 17.4. The summed E-state index contributed by atoms with van der Waals surface area (Å²) in [6.45, 7) is 3.09. The van der Waals surface area contributed by atoms with Crippen LogP contribution >= 0.6 is 15.9 Å². The third-order valence-electron chi connectivity index (χ3n) is 5.40. The average molecular weight is 484 g/mol. The van der Waals surface area contributed by atoms with Gasteiger partial charge in [-0.05, 0) is 73.1 Å². The van der Waals surface area contributed by atoms with Crippen molar-refractivity contribution in [3.05, 3.63) is 59.0 Å². The minimum Gasteiger partial charge on any atom is -0.370 e. The van der Waals surface area contributed by atoms with E-state index in [9.17, 15) is 4.79 Å². The molecule has 0 saturated carbocycles. The van der Waals surface area contributed by atoms with Gasteiger partial charge in [0.1, 0.15) is 0 Å². The quantitative estimate of drug-likeness (QED) is 0.578. The maximum Gasteiger partial charge on any atom is 0.276 e. The lowest BCUT2D eigenvalue weighted by Gasteiger charge is -2.35. The number of hydrogen-bond donors (Lipinski definition) is 1. The van der Waals surface area contributed by atoms with Crippen LogP contribution in [0, 0.1) is 5.92 Å². The van der Waals surface area contributed by atoms with E-state index in [0.29, 0.717) is 5.82 Å². The van der Waals surface area contributed by atoms with Crippen molar-refractivity contribution < 1.29 is 4.79 Å². The summed E-state index contributed by atoms with van der Waals surface area (Å²) >= 11 is 3.36. The molecule has 2 aromatic heterocycles. The fourth-order valence-electron chi connectivity index (χ4n) is 3.91. The van der Waals surface area contributed by atoms with Crippen LogP contribution in [0.1, 0.15) is 23.3 Å². The Bertz CT molecular complexity index is 1030. The second kappa shape index (κ2) is 9.57. The van der Waals surface area contributed by atoms with E-state index < -0.39 is 0 Å². The molecule has 0 unspecified atom stereocenters. The van der Waals surface area contributed by atoms with Crippen LogP contribution in [0.5, 0.6) is 0 Å². The van der Waals surface area contributed by atoms with Gasteiger partial charge in [0, 0.05) is 25.8 Å². The number of rotatable bonds is 6. The molecule has 1 aliphatic heterocycles. The summed E-state index contributed by atoms with van der Waals surface area (Å²) in [5.74, 6) is 0.982. The lowest BCUT2D eigenvalue weighted by molar-refractivity contribution is 0.102. The van der Waals surface area contributed by atoms with E-state index in [4.69, 9.17) is 0 Å². The van der Waals surface area contributed by atoms with Gasteiger partial charge in [0.25, 0.3) is 5.91 Å². The van der Waals surface area contributed by atoms with E-state index in [-0.39, 0.29) is 11.6 Å². The monoisotopic (exact) mass is 483 g/mol. The van der Waals surface area contributed by atoms with Gasteiger partial charge in [0.15, 0.2) is 11.5 Å². The number of carbonyl (C=O) groups is 1. The molecule has 1 amide bonds. The molecule has 0 bridgehead atoms. The van der Waals surface area contributed by atoms with Gasteiger partial charge < -0.3 is 15.1 Å². The predicted octanol–water partition coefficient (Wildman–Crippen LogP) is 3.46. The Morgan fingerprint density at radius 3 is 2.58 bits per heavy atom. The number of aromatic nitrogens is 4. The standard InChI is InChI=1S/C22H26BrN7O/c1-28(2)14-16-9-11-29(12-10-16)20-6-4-3-5-18(20)25-22(31)19-7-8-21(27-26-19)30-15-17(23)13-24-30/h3-8,13,15-16H,9-12,14H2,1-2H3,(H,25,31). The highest BCUT2D eigenvalue weighted by molar-refractivity contribution is 9.10. The molecule has 31 heavy (non-hydrogen) atoms. The van der Waals surface area contributed by atoms with Gasteiger partial charge in [-0.3, -0.25) is 4.79 Å². The molecule has 8 nitrogen and oxygen atoms in total. The zero-order chi connectivity index (χ0) is 21.8. The van der Waals surface area contributed by atoms with Crippen LogP contribution in [0.3, 0.4) is 0 Å². The highest BCUT2D eigenvalue weighted by Crippen LogP contribution is 2.30. The normalized spacial score (nSPS) is 14.8. The van der Waals surface area contributed by atoms with Crippen molar-refractivity contribution >= 4 is 33.2 Å². The van der Waals surface area contributed by atoms with Crippen molar-refractivity contribution in [3.8, 4) is 5.82 Å². The van der Waals surface area contributed by atoms with Crippen molar-refractivity contribution in [1.29, 1.82) is 0 Å². The molecule has 3 heterocycles. The Kier molecular flexibility index (Phi) is 6.62. The number of anilines is 2. The average Bonchev–Trinajstić information content (AvgIpc) is 3.21. The molecule has 162 valence electrons. The number of amides is 1. The molecule has 0 spiro atoms. The number of benzene rings is 1. The lowest BCUT2D eigenvalue weighted by Crippen LogP contribution is -2.37. The van der Waals surface area contributed by atoms with E-state index in [1.807, 2.05) is 18.2 Å². The largest absolute Gasteiger partial charge is 0.370 e. The van der Waals surface area contributed by atoms with Crippen LogP contribution in [0.2, 0.25) is 0 Å². The summed E-state index contributed by atoms with van der Waals surface area (Å²) < 4.78 is 2.44. The van der Waals surface area contributed by atoms with Crippen molar-refractivity contribution in [2.24, 2.45) is 5.92 Å². The third-order valence-corrected chi connectivity index (χ3v) is 5.81. The maximum atomic E-state index is 12.8. The van der Waals surface area contributed by atoms with Gasteiger partial charge in [0.05, 0.1) is 22.0 Å². The van der Waals surface area contributed by atoms with Crippen LogP contribution in [0.15, 0.2) is 53.3 Å². The molecular weight excluding hydrogens is 458 g/mol. The SMILES string of the molecule is CN(C)CC1CCN(c2ccccc2NC(=O)c2ccc(-n3cc(Br)cn3)nn2)CC1. The van der Waals surface area contributed by atoms with E-state index >= 15 is 0 Å². The fourth-order valence-corrected chi connectivity index (χ4v) is 4.19. The maximum absolute atomic E-state index is 12.8. The summed E-state index contributed by atoms with van der Waals surface area (Å²) in [6.07, 6.45) is 5.75. The molecule has 1 N–H and O–H groups in total. The van der Waals surface area contributed by atoms with Gasteiger partial charge in [-0.1, -0.05) is 12.1 Å². The van der Waals surface area contributed by atoms with Gasteiger partial charge in [0.2, 0.25) is 0 Å². The molecule has 3 aromatic rings. The minimum absolute atomic E-state index is 0.259. The highest BCUT2D eigenvalue weighted by Gasteiger charge is 2.22. The zero-order valence-corrected chi connectivity index (χ0v) is 19.3. The number of piperidine rings is 1. The fraction of sp³-hybridized carbons (Fsp3) is 0.364. The molecule has 1 saturated heterocycles. The first-order valence-corrected chi connectivity index (χ1v) is 11.1. The number of halogens is 1. The van der Waals surface area contributed by atoms with Gasteiger partial charge >= 0.3 is 0 Å². The number of para-hydroxylation sites is 2. The Labute approximate surface area is 190 Å². The Balaban J connectivity index is 1.43. The van der Waals surface area contributed by atoms with Crippen LogP contribution in [0.4, 0.5) is 11.4 Å². The molecule has 4 rings (SSSR count). The molecule has 0 aliphatic carbocycles. The Morgan fingerprint density at radius 1 is 1.16 bits per heavy atom. The Hall–Kier alpha value is -2.78. The van der Waals surface area contributed by atoms with E-state index in [0.717, 1.165) is 54.2 Å². The van der Waals surface area contributed by atoms with E-state index in [2.05, 4.69) is 66.5 Å². The highest BCUT2D eigenvalue weighted by atomic mass is 79.9. The molecular formula is C22H26BrN7O. The molecule has 0 radical (unpaired) electrons. The van der Waals surface area contributed by atoms with Gasteiger partial charge in [-0.15, -0.1) is 10.2 Å². The van der Waals surface area contributed by atoms with E-state index in [1.54, 1.807) is 29.2 Å². The molecule has 1 aromatic carbocycles. The molecule has 1 fully saturated rings. The van der Waals surface area contributed by atoms with E-state index in [1.165, 1.54) is 0 Å². The first-order valence-electron chi connectivity index (χ1n) is 10.3. The predicted molar refractivity (Wildman–Crippen MR) is 125 cm³/mol. The second-order valence-electron chi connectivity index (χ2n) is 8.04. The van der Waals surface area contributed by atoms with Crippen molar-refractivity contribution in [2.75, 3.05) is 43.9 Å². The number of carbonyl (C=O) groups excluding carboxylic acids is 1. The first kappa shape index (κ1) is 21.5. The number of hydrogen-bond acceptors (Lipinski definition) is 6. The smallest absolute Gasteiger partial charge is 0.276 e. The summed E-state index contributed by atoms with van der Waals surface area (Å²) in [7, 11) is 4.25. The third kappa shape index (κ3) is 5.29. The van der Waals surface area contributed by atoms with Gasteiger partial charge in [-0.2, -0.15) is 5.10 Å². The molecule has 1 aliphatic rings. The first-order chi connectivity index (χ1) is 15.0. The van der Waals surface area contributed by atoms with Gasteiger partial charge in [-0.25, -0.2) is 4.68 Å². The van der Waals surface area contributed by atoms with Crippen LogP contribution in [-0.2, 0) is 0 Å². The number of nitrogens with one attached hydrogen (secondary N) is 1.